The van der Waals surface area contributed by atoms with Crippen molar-refractivity contribution < 1.29 is 9.32 Å². The first kappa shape index (κ1) is 16.1. The van der Waals surface area contributed by atoms with Crippen molar-refractivity contribution in [2.75, 3.05) is 11.9 Å². The van der Waals surface area contributed by atoms with Gasteiger partial charge in [-0.2, -0.15) is 0 Å². The zero-order chi connectivity index (χ0) is 17.6. The number of nitrogens with one attached hydrogen (secondary N) is 1. The summed E-state index contributed by atoms with van der Waals surface area (Å²) >= 11 is 1.66. The summed E-state index contributed by atoms with van der Waals surface area (Å²) in [6.07, 6.45) is 1.91. The number of anilines is 1. The standard InChI is InChI=1S/C18H20N4O2S/c1-10-17(11(2)24-21-10)15-5-4-8-22(15)18(23)20-13-6-7-16-14(9-13)19-12(3)25-16/h6-7,9,15H,4-5,8H2,1-3H3,(H,20,23). The lowest BCUT2D eigenvalue weighted by molar-refractivity contribution is 0.206. The Kier molecular flexibility index (Phi) is 3.95. The van der Waals surface area contributed by atoms with Crippen LogP contribution in [0.4, 0.5) is 10.5 Å². The summed E-state index contributed by atoms with van der Waals surface area (Å²) < 4.78 is 6.42. The summed E-state index contributed by atoms with van der Waals surface area (Å²) in [6.45, 7) is 6.56. The van der Waals surface area contributed by atoms with Crippen molar-refractivity contribution in [1.82, 2.24) is 15.0 Å². The number of carbonyl (C=O) groups excluding carboxylic acids is 1. The lowest BCUT2D eigenvalue weighted by Crippen LogP contribution is -2.34. The van der Waals surface area contributed by atoms with E-state index in [1.807, 2.05) is 43.9 Å². The van der Waals surface area contributed by atoms with Gasteiger partial charge in [0, 0.05) is 17.8 Å². The molecule has 2 amide bonds. The van der Waals surface area contributed by atoms with Gasteiger partial charge in [0.2, 0.25) is 0 Å². The fourth-order valence-corrected chi connectivity index (χ4v) is 4.40. The first-order chi connectivity index (χ1) is 12.0. The number of rotatable bonds is 2. The predicted octanol–water partition coefficient (Wildman–Crippen LogP) is 4.58. The van der Waals surface area contributed by atoms with Crippen LogP contribution in [0.2, 0.25) is 0 Å². The minimum absolute atomic E-state index is 0.0245. The number of aryl methyl sites for hydroxylation is 3. The number of fused-ring (bicyclic) bond motifs is 1. The molecule has 0 aliphatic carbocycles. The third-order valence-electron chi connectivity index (χ3n) is 4.68. The SMILES string of the molecule is Cc1nc2cc(NC(=O)N3CCCC3c3c(C)noc3C)ccc2s1. The highest BCUT2D eigenvalue weighted by Gasteiger charge is 2.33. The van der Waals surface area contributed by atoms with Crippen molar-refractivity contribution in [1.29, 1.82) is 0 Å². The number of amides is 2. The quantitative estimate of drug-likeness (QED) is 0.729. The highest BCUT2D eigenvalue weighted by Crippen LogP contribution is 2.36. The average Bonchev–Trinajstić information content (AvgIpc) is 3.25. The molecule has 2 aromatic heterocycles. The Bertz CT molecular complexity index is 926. The largest absolute Gasteiger partial charge is 0.361 e. The summed E-state index contributed by atoms with van der Waals surface area (Å²) in [6, 6.07) is 5.80. The summed E-state index contributed by atoms with van der Waals surface area (Å²) in [5.41, 5.74) is 3.59. The zero-order valence-electron chi connectivity index (χ0n) is 14.5. The van der Waals surface area contributed by atoms with Crippen LogP contribution in [0.5, 0.6) is 0 Å². The van der Waals surface area contributed by atoms with Gasteiger partial charge in [-0.3, -0.25) is 0 Å². The highest BCUT2D eigenvalue weighted by molar-refractivity contribution is 7.18. The minimum atomic E-state index is -0.0891. The number of aromatic nitrogens is 2. The van der Waals surface area contributed by atoms with Gasteiger partial charge in [0.15, 0.2) is 0 Å². The molecule has 0 radical (unpaired) electrons. The fourth-order valence-electron chi connectivity index (χ4n) is 3.59. The third-order valence-corrected chi connectivity index (χ3v) is 5.63. The average molecular weight is 356 g/mol. The van der Waals surface area contributed by atoms with Gasteiger partial charge in [0.05, 0.1) is 27.0 Å². The van der Waals surface area contributed by atoms with Crippen LogP contribution in [0, 0.1) is 20.8 Å². The van der Waals surface area contributed by atoms with Crippen molar-refractivity contribution in [2.24, 2.45) is 0 Å². The van der Waals surface area contributed by atoms with Crippen molar-refractivity contribution in [2.45, 2.75) is 39.7 Å². The molecule has 0 bridgehead atoms. The fraction of sp³-hybridized carbons (Fsp3) is 0.389. The Morgan fingerprint density at radius 2 is 2.20 bits per heavy atom. The Balaban J connectivity index is 1.56. The van der Waals surface area contributed by atoms with Crippen LogP contribution in [0.15, 0.2) is 22.7 Å². The number of thiazole rings is 1. The number of likely N-dealkylation sites (tertiary alicyclic amines) is 1. The van der Waals surface area contributed by atoms with Crippen molar-refractivity contribution in [3.63, 3.8) is 0 Å². The second-order valence-corrected chi connectivity index (χ2v) is 7.67. The molecule has 1 aromatic carbocycles. The van der Waals surface area contributed by atoms with Crippen LogP contribution in [-0.4, -0.2) is 27.6 Å². The van der Waals surface area contributed by atoms with Gasteiger partial charge < -0.3 is 14.7 Å². The molecule has 3 aromatic rings. The van der Waals surface area contributed by atoms with E-state index in [9.17, 15) is 4.79 Å². The molecular formula is C18H20N4O2S. The number of carbonyl (C=O) groups is 1. The molecule has 1 N–H and O–H groups in total. The molecule has 1 saturated heterocycles. The van der Waals surface area contributed by atoms with Gasteiger partial charge in [-0.15, -0.1) is 11.3 Å². The summed E-state index contributed by atoms with van der Waals surface area (Å²) in [5.74, 6) is 0.793. The monoisotopic (exact) mass is 356 g/mol. The summed E-state index contributed by atoms with van der Waals surface area (Å²) in [7, 11) is 0. The van der Waals surface area contributed by atoms with Gasteiger partial charge in [-0.05, 0) is 51.8 Å². The van der Waals surface area contributed by atoms with Crippen LogP contribution in [-0.2, 0) is 0 Å². The zero-order valence-corrected chi connectivity index (χ0v) is 15.3. The first-order valence-electron chi connectivity index (χ1n) is 8.40. The van der Waals surface area contributed by atoms with Crippen LogP contribution in [0.3, 0.4) is 0 Å². The maximum atomic E-state index is 12.8. The topological polar surface area (TPSA) is 71.3 Å². The van der Waals surface area contributed by atoms with Crippen LogP contribution >= 0.6 is 11.3 Å². The molecule has 1 aliphatic heterocycles. The van der Waals surface area contributed by atoms with Gasteiger partial charge in [0.1, 0.15) is 5.76 Å². The van der Waals surface area contributed by atoms with Crippen LogP contribution in [0.25, 0.3) is 10.2 Å². The van der Waals surface area contributed by atoms with E-state index in [2.05, 4.69) is 15.5 Å². The van der Waals surface area contributed by atoms with Crippen molar-refractivity contribution >= 4 is 33.3 Å². The van der Waals surface area contributed by atoms with E-state index in [1.165, 1.54) is 0 Å². The van der Waals surface area contributed by atoms with Crippen LogP contribution in [0.1, 0.15) is 40.9 Å². The number of urea groups is 1. The van der Waals surface area contributed by atoms with E-state index in [1.54, 1.807) is 11.3 Å². The molecule has 1 unspecified atom stereocenters. The molecule has 6 nitrogen and oxygen atoms in total. The van der Waals surface area contributed by atoms with E-state index in [0.29, 0.717) is 0 Å². The van der Waals surface area contributed by atoms with E-state index < -0.39 is 0 Å². The number of nitrogens with zero attached hydrogens (tertiary/aromatic N) is 3. The predicted molar refractivity (Wildman–Crippen MR) is 98.0 cm³/mol. The van der Waals surface area contributed by atoms with Gasteiger partial charge in [0.25, 0.3) is 0 Å². The molecule has 0 spiro atoms. The normalized spacial score (nSPS) is 17.4. The molecule has 7 heteroatoms. The maximum Gasteiger partial charge on any atom is 0.322 e. The minimum Gasteiger partial charge on any atom is -0.361 e. The van der Waals surface area contributed by atoms with E-state index >= 15 is 0 Å². The number of hydrogen-bond acceptors (Lipinski definition) is 5. The van der Waals surface area contributed by atoms with E-state index in [4.69, 9.17) is 4.52 Å². The molecule has 1 atom stereocenters. The van der Waals surface area contributed by atoms with Crippen molar-refractivity contribution in [3.05, 3.63) is 40.2 Å². The number of benzene rings is 1. The van der Waals surface area contributed by atoms with Gasteiger partial charge in [-0.25, -0.2) is 9.78 Å². The molecule has 4 rings (SSSR count). The lowest BCUT2D eigenvalue weighted by atomic mass is 10.0. The molecule has 130 valence electrons. The smallest absolute Gasteiger partial charge is 0.322 e. The highest BCUT2D eigenvalue weighted by atomic mass is 32.1. The summed E-state index contributed by atoms with van der Waals surface area (Å²) in [5, 5.41) is 8.08. The van der Waals surface area contributed by atoms with E-state index in [-0.39, 0.29) is 12.1 Å². The molecule has 1 aliphatic rings. The summed E-state index contributed by atoms with van der Waals surface area (Å²) in [4.78, 5) is 19.2. The Labute approximate surface area is 149 Å². The lowest BCUT2D eigenvalue weighted by Gasteiger charge is -2.25. The first-order valence-corrected chi connectivity index (χ1v) is 9.22. The molecule has 0 saturated carbocycles. The van der Waals surface area contributed by atoms with Gasteiger partial charge >= 0.3 is 6.03 Å². The molecule has 3 heterocycles. The Morgan fingerprint density at radius 1 is 1.36 bits per heavy atom. The Hall–Kier alpha value is -2.41. The second kappa shape index (κ2) is 6.15. The van der Waals surface area contributed by atoms with Crippen LogP contribution < -0.4 is 5.32 Å². The molecule has 25 heavy (non-hydrogen) atoms. The van der Waals surface area contributed by atoms with E-state index in [0.717, 1.165) is 57.3 Å². The van der Waals surface area contributed by atoms with Gasteiger partial charge in [-0.1, -0.05) is 5.16 Å². The van der Waals surface area contributed by atoms with Crippen molar-refractivity contribution in [3.8, 4) is 0 Å². The second-order valence-electron chi connectivity index (χ2n) is 6.43. The molecule has 1 fully saturated rings. The number of hydrogen-bond donors (Lipinski definition) is 1. The maximum absolute atomic E-state index is 12.8. The third kappa shape index (κ3) is 2.89. The Morgan fingerprint density at radius 3 is 2.96 bits per heavy atom. The molecular weight excluding hydrogens is 336 g/mol.